The van der Waals surface area contributed by atoms with E-state index >= 15 is 0 Å². The number of aryl methyl sites for hydroxylation is 2. The van der Waals surface area contributed by atoms with Crippen LogP contribution in [0.1, 0.15) is 38.4 Å². The number of carbonyl (C=O) groups excluding carboxylic acids is 1. The van der Waals surface area contributed by atoms with Crippen LogP contribution >= 0.6 is 0 Å². The molecule has 1 amide bonds. The van der Waals surface area contributed by atoms with Gasteiger partial charge in [-0.1, -0.05) is 0 Å². The lowest BCUT2D eigenvalue weighted by atomic mass is 10.1. The summed E-state index contributed by atoms with van der Waals surface area (Å²) in [5.74, 6) is 1.01. The fourth-order valence-electron chi connectivity index (χ4n) is 3.11. The second kappa shape index (κ2) is 6.48. The van der Waals surface area contributed by atoms with Gasteiger partial charge in [-0.05, 0) is 51.3 Å². The number of rotatable bonds is 4. The molecule has 5 nitrogen and oxygen atoms in total. The first-order valence-electron chi connectivity index (χ1n) is 8.05. The molecule has 2 aromatic rings. The molecule has 1 saturated heterocycles. The van der Waals surface area contributed by atoms with Crippen molar-refractivity contribution in [3.63, 3.8) is 0 Å². The van der Waals surface area contributed by atoms with Gasteiger partial charge in [0.15, 0.2) is 0 Å². The number of carbonyl (C=O) groups is 1. The average molecular weight is 301 g/mol. The van der Waals surface area contributed by atoms with Crippen molar-refractivity contribution in [2.24, 2.45) is 0 Å². The number of amides is 1. The summed E-state index contributed by atoms with van der Waals surface area (Å²) < 4.78 is 7.78. The molecule has 3 rings (SSSR count). The fourth-order valence-corrected chi connectivity index (χ4v) is 3.11. The van der Waals surface area contributed by atoms with Gasteiger partial charge in [0.1, 0.15) is 5.82 Å². The second-order valence-corrected chi connectivity index (χ2v) is 5.85. The maximum Gasteiger partial charge on any atom is 0.226 e. The van der Waals surface area contributed by atoms with Crippen LogP contribution < -0.4 is 5.32 Å². The smallest absolute Gasteiger partial charge is 0.226 e. The van der Waals surface area contributed by atoms with E-state index in [-0.39, 0.29) is 12.0 Å². The second-order valence-electron chi connectivity index (χ2n) is 5.85. The Bertz CT molecular complexity index is 672. The highest BCUT2D eigenvalue weighted by Crippen LogP contribution is 2.21. The van der Waals surface area contributed by atoms with Crippen molar-refractivity contribution < 1.29 is 9.53 Å². The molecule has 1 atom stereocenters. The molecule has 0 spiro atoms. The Morgan fingerprint density at radius 2 is 2.32 bits per heavy atom. The molecular weight excluding hydrogens is 278 g/mol. The van der Waals surface area contributed by atoms with E-state index in [1.54, 1.807) is 0 Å². The summed E-state index contributed by atoms with van der Waals surface area (Å²) in [4.78, 5) is 16.7. The van der Waals surface area contributed by atoms with Gasteiger partial charge in [0.25, 0.3) is 0 Å². The molecule has 1 aromatic carbocycles. The highest BCUT2D eigenvalue weighted by molar-refractivity contribution is 5.93. The van der Waals surface area contributed by atoms with Gasteiger partial charge in [-0.3, -0.25) is 4.79 Å². The summed E-state index contributed by atoms with van der Waals surface area (Å²) in [5, 5.41) is 2.96. The number of hydrogen-bond donors (Lipinski definition) is 1. The summed E-state index contributed by atoms with van der Waals surface area (Å²) in [6, 6.07) is 5.90. The van der Waals surface area contributed by atoms with Crippen molar-refractivity contribution >= 4 is 22.6 Å². The third kappa shape index (κ3) is 3.14. The number of benzene rings is 1. The van der Waals surface area contributed by atoms with Crippen molar-refractivity contribution in [3.8, 4) is 0 Å². The van der Waals surface area contributed by atoms with E-state index in [2.05, 4.69) is 21.8 Å². The van der Waals surface area contributed by atoms with Crippen molar-refractivity contribution in [3.05, 3.63) is 24.0 Å². The van der Waals surface area contributed by atoms with E-state index in [0.717, 1.165) is 55.0 Å². The molecule has 2 heterocycles. The van der Waals surface area contributed by atoms with E-state index in [1.807, 2.05) is 25.1 Å². The molecule has 1 aliphatic heterocycles. The maximum absolute atomic E-state index is 12.1. The minimum absolute atomic E-state index is 0.0119. The zero-order chi connectivity index (χ0) is 15.5. The molecule has 22 heavy (non-hydrogen) atoms. The van der Waals surface area contributed by atoms with E-state index in [1.165, 1.54) is 0 Å². The lowest BCUT2D eigenvalue weighted by Crippen LogP contribution is -2.25. The predicted octanol–water partition coefficient (Wildman–Crippen LogP) is 3.26. The van der Waals surface area contributed by atoms with Gasteiger partial charge in [-0.15, -0.1) is 0 Å². The van der Waals surface area contributed by atoms with Gasteiger partial charge >= 0.3 is 0 Å². The molecule has 118 valence electrons. The zero-order valence-corrected chi connectivity index (χ0v) is 13.3. The predicted molar refractivity (Wildman–Crippen MR) is 87.0 cm³/mol. The van der Waals surface area contributed by atoms with Crippen LogP contribution in [0.4, 0.5) is 5.69 Å². The van der Waals surface area contributed by atoms with Crippen LogP contribution in [0, 0.1) is 6.92 Å². The van der Waals surface area contributed by atoms with Crippen molar-refractivity contribution in [1.29, 1.82) is 0 Å². The first-order chi connectivity index (χ1) is 10.7. The van der Waals surface area contributed by atoms with Gasteiger partial charge in [0.2, 0.25) is 5.91 Å². The monoisotopic (exact) mass is 301 g/mol. The highest BCUT2D eigenvalue weighted by atomic mass is 16.5. The van der Waals surface area contributed by atoms with E-state index in [0.29, 0.717) is 6.42 Å². The maximum atomic E-state index is 12.1. The minimum Gasteiger partial charge on any atom is -0.378 e. The molecule has 0 unspecified atom stereocenters. The highest BCUT2D eigenvalue weighted by Gasteiger charge is 2.18. The van der Waals surface area contributed by atoms with Crippen LogP contribution in [0.5, 0.6) is 0 Å². The number of anilines is 1. The molecule has 1 fully saturated rings. The molecule has 0 aliphatic carbocycles. The number of hydrogen-bond acceptors (Lipinski definition) is 3. The van der Waals surface area contributed by atoms with E-state index < -0.39 is 0 Å². The van der Waals surface area contributed by atoms with Crippen LogP contribution in [0.15, 0.2) is 18.2 Å². The fraction of sp³-hybridized carbons (Fsp3) is 0.529. The van der Waals surface area contributed by atoms with Gasteiger partial charge in [0, 0.05) is 18.8 Å². The third-order valence-corrected chi connectivity index (χ3v) is 4.23. The summed E-state index contributed by atoms with van der Waals surface area (Å²) in [7, 11) is 0. The number of fused-ring (bicyclic) bond motifs is 1. The largest absolute Gasteiger partial charge is 0.378 e. The summed E-state index contributed by atoms with van der Waals surface area (Å²) in [6.45, 7) is 5.78. The molecule has 1 aliphatic rings. The Morgan fingerprint density at radius 1 is 1.45 bits per heavy atom. The quantitative estimate of drug-likeness (QED) is 0.943. The third-order valence-electron chi connectivity index (χ3n) is 4.23. The van der Waals surface area contributed by atoms with Crippen LogP contribution in [0.25, 0.3) is 11.0 Å². The first-order valence-corrected chi connectivity index (χ1v) is 8.05. The molecular formula is C17H23N3O2. The average Bonchev–Trinajstić information content (AvgIpc) is 2.82. The van der Waals surface area contributed by atoms with Crippen LogP contribution in [0.2, 0.25) is 0 Å². The Hall–Kier alpha value is -1.88. The molecule has 0 bridgehead atoms. The van der Waals surface area contributed by atoms with E-state index in [9.17, 15) is 4.79 Å². The first kappa shape index (κ1) is 15.0. The van der Waals surface area contributed by atoms with Crippen molar-refractivity contribution in [1.82, 2.24) is 9.55 Å². The Morgan fingerprint density at radius 3 is 3.05 bits per heavy atom. The van der Waals surface area contributed by atoms with Crippen LogP contribution in [-0.2, 0) is 16.1 Å². The number of nitrogens with one attached hydrogen (secondary N) is 1. The Kier molecular flexibility index (Phi) is 4.43. The van der Waals surface area contributed by atoms with Crippen LogP contribution in [-0.4, -0.2) is 28.2 Å². The Balaban J connectivity index is 1.69. The lowest BCUT2D eigenvalue weighted by Gasteiger charge is -2.21. The summed E-state index contributed by atoms with van der Waals surface area (Å²) >= 11 is 0. The zero-order valence-electron chi connectivity index (χ0n) is 13.3. The normalized spacial score (nSPS) is 18.5. The topological polar surface area (TPSA) is 56.2 Å². The molecule has 1 aromatic heterocycles. The van der Waals surface area contributed by atoms with Crippen molar-refractivity contribution in [2.75, 3.05) is 11.9 Å². The molecule has 0 saturated carbocycles. The molecule has 5 heteroatoms. The van der Waals surface area contributed by atoms with E-state index in [4.69, 9.17) is 4.74 Å². The summed E-state index contributed by atoms with van der Waals surface area (Å²) in [5.41, 5.74) is 2.83. The van der Waals surface area contributed by atoms with Gasteiger partial charge in [-0.2, -0.15) is 0 Å². The summed E-state index contributed by atoms with van der Waals surface area (Å²) in [6.07, 6.45) is 3.73. The molecule has 0 radical (unpaired) electrons. The standard InChI is InChI=1S/C17H23N3O2/c1-3-20-12(2)18-15-10-13(7-8-16(15)20)19-17(21)11-14-6-4-5-9-22-14/h7-8,10,14H,3-6,9,11H2,1-2H3,(H,19,21)/t14-/m0/s1. The Labute approximate surface area is 130 Å². The van der Waals surface area contributed by atoms with Crippen LogP contribution in [0.3, 0.4) is 0 Å². The lowest BCUT2D eigenvalue weighted by molar-refractivity contribution is -0.119. The van der Waals surface area contributed by atoms with Gasteiger partial charge in [-0.25, -0.2) is 4.98 Å². The number of ether oxygens (including phenoxy) is 1. The van der Waals surface area contributed by atoms with Crippen molar-refractivity contribution in [2.45, 2.75) is 52.2 Å². The van der Waals surface area contributed by atoms with Gasteiger partial charge < -0.3 is 14.6 Å². The number of nitrogens with zero attached hydrogens (tertiary/aromatic N) is 2. The SMILES string of the molecule is CCn1c(C)nc2cc(NC(=O)C[C@@H]3CCCCO3)ccc21. The number of imidazole rings is 1. The minimum atomic E-state index is 0.0119. The van der Waals surface area contributed by atoms with Gasteiger partial charge in [0.05, 0.1) is 23.6 Å². The molecule has 1 N–H and O–H groups in total. The number of aromatic nitrogens is 2.